The quantitative estimate of drug-likeness (QED) is 0.672. The van der Waals surface area contributed by atoms with Gasteiger partial charge in [0, 0.05) is 0 Å². The number of hydrazine groups is 1. The maximum atomic E-state index is 12.3. The van der Waals surface area contributed by atoms with E-state index in [1.807, 2.05) is 32.0 Å². The van der Waals surface area contributed by atoms with Gasteiger partial charge in [-0.2, -0.15) is 18.2 Å². The third-order valence-corrected chi connectivity index (χ3v) is 2.19. The number of alkyl halides is 3. The molecule has 2 aromatic rings. The van der Waals surface area contributed by atoms with Crippen molar-refractivity contribution >= 4 is 5.95 Å². The molecule has 20 heavy (non-hydrogen) atoms. The summed E-state index contributed by atoms with van der Waals surface area (Å²) in [4.78, 5) is 3.29. The van der Waals surface area contributed by atoms with Crippen molar-refractivity contribution in [2.75, 3.05) is 5.01 Å². The van der Waals surface area contributed by atoms with E-state index in [4.69, 9.17) is 5.84 Å². The Bertz CT molecular complexity index is 509. The summed E-state index contributed by atoms with van der Waals surface area (Å²) in [7, 11) is 0. The highest BCUT2D eigenvalue weighted by Crippen LogP contribution is 2.26. The first-order valence-electron chi connectivity index (χ1n) is 6.02. The number of aromatic nitrogens is 3. The fourth-order valence-electron chi connectivity index (χ4n) is 1.36. The van der Waals surface area contributed by atoms with E-state index in [1.54, 1.807) is 17.2 Å². The molecule has 0 aliphatic carbocycles. The summed E-state index contributed by atoms with van der Waals surface area (Å²) >= 11 is 0. The number of hydrogen-bond acceptors (Lipinski definition) is 4. The number of H-pyrrole nitrogens is 1. The van der Waals surface area contributed by atoms with Crippen LogP contribution in [0.4, 0.5) is 19.1 Å². The fourth-order valence-corrected chi connectivity index (χ4v) is 1.36. The molecule has 0 aliphatic heterocycles. The molecule has 0 saturated carbocycles. The van der Waals surface area contributed by atoms with Crippen LogP contribution in [0.5, 0.6) is 0 Å². The average Bonchev–Trinajstić information content (AvgIpc) is 2.92. The molecule has 3 N–H and O–H groups in total. The monoisotopic (exact) mass is 287 g/mol. The van der Waals surface area contributed by atoms with Crippen molar-refractivity contribution in [2.45, 2.75) is 26.6 Å². The molecule has 1 aromatic carbocycles. The van der Waals surface area contributed by atoms with Gasteiger partial charge in [0.1, 0.15) is 0 Å². The molecule has 1 aromatic heterocycles. The van der Waals surface area contributed by atoms with E-state index in [2.05, 4.69) is 10.1 Å². The van der Waals surface area contributed by atoms with Crippen molar-refractivity contribution in [3.63, 3.8) is 0 Å². The van der Waals surface area contributed by atoms with E-state index in [1.165, 1.54) is 0 Å². The Balaban J connectivity index is 0.000000956. The lowest BCUT2D eigenvalue weighted by Crippen LogP contribution is -2.31. The highest BCUT2D eigenvalue weighted by molar-refractivity contribution is 5.29. The molecule has 1 heterocycles. The van der Waals surface area contributed by atoms with Gasteiger partial charge in [-0.05, 0) is 5.56 Å². The van der Waals surface area contributed by atoms with Crippen molar-refractivity contribution in [1.82, 2.24) is 15.2 Å². The third kappa shape index (κ3) is 4.23. The number of aromatic amines is 1. The van der Waals surface area contributed by atoms with Gasteiger partial charge in [0.2, 0.25) is 5.82 Å². The zero-order chi connectivity index (χ0) is 15.2. The second-order valence-electron chi connectivity index (χ2n) is 3.60. The van der Waals surface area contributed by atoms with E-state index >= 15 is 0 Å². The largest absolute Gasteiger partial charge is 0.451 e. The Labute approximate surface area is 114 Å². The lowest BCUT2D eigenvalue weighted by atomic mass is 10.2. The summed E-state index contributed by atoms with van der Waals surface area (Å²) < 4.78 is 36.9. The Kier molecular flexibility index (Phi) is 5.51. The highest BCUT2D eigenvalue weighted by Gasteiger charge is 2.35. The lowest BCUT2D eigenvalue weighted by Gasteiger charge is -2.13. The van der Waals surface area contributed by atoms with Crippen LogP contribution in [0, 0.1) is 0 Å². The molecule has 0 bridgehead atoms. The summed E-state index contributed by atoms with van der Waals surface area (Å²) in [6, 6.07) is 9.05. The molecule has 0 radical (unpaired) electrons. The summed E-state index contributed by atoms with van der Waals surface area (Å²) in [5.74, 6) is 4.24. The SMILES string of the molecule is CC.NN(Cc1ccccc1)c1n[nH]c(C(F)(F)F)n1. The Morgan fingerprint density at radius 1 is 1.20 bits per heavy atom. The smallest absolute Gasteiger partial charge is 0.273 e. The molecule has 0 saturated heterocycles. The molecule has 0 unspecified atom stereocenters. The van der Waals surface area contributed by atoms with Gasteiger partial charge in [-0.1, -0.05) is 44.2 Å². The first kappa shape index (κ1) is 16.0. The van der Waals surface area contributed by atoms with Crippen molar-refractivity contribution in [3.8, 4) is 0 Å². The zero-order valence-corrected chi connectivity index (χ0v) is 11.1. The molecule has 2 rings (SSSR count). The first-order chi connectivity index (χ1) is 9.47. The van der Waals surface area contributed by atoms with Gasteiger partial charge in [-0.25, -0.2) is 5.84 Å². The van der Waals surface area contributed by atoms with Gasteiger partial charge >= 0.3 is 6.18 Å². The van der Waals surface area contributed by atoms with Crippen LogP contribution in [0.3, 0.4) is 0 Å². The number of hydrogen-bond donors (Lipinski definition) is 2. The summed E-state index contributed by atoms with van der Waals surface area (Å²) in [6.45, 7) is 4.22. The van der Waals surface area contributed by atoms with Crippen LogP contribution in [0.2, 0.25) is 0 Å². The van der Waals surface area contributed by atoms with Gasteiger partial charge < -0.3 is 0 Å². The maximum absolute atomic E-state index is 12.3. The predicted octanol–water partition coefficient (Wildman–Crippen LogP) is 2.73. The number of nitrogens with zero attached hydrogens (tertiary/aromatic N) is 3. The number of anilines is 1. The van der Waals surface area contributed by atoms with E-state index in [0.717, 1.165) is 10.6 Å². The summed E-state index contributed by atoms with van der Waals surface area (Å²) in [5.41, 5.74) is 0.846. The molecular formula is C12H16F3N5. The Hall–Kier alpha value is -2.09. The van der Waals surface area contributed by atoms with Gasteiger partial charge in [0.25, 0.3) is 5.95 Å². The number of rotatable bonds is 3. The lowest BCUT2D eigenvalue weighted by molar-refractivity contribution is -0.144. The molecule has 0 atom stereocenters. The van der Waals surface area contributed by atoms with E-state index in [0.29, 0.717) is 0 Å². The minimum Gasteiger partial charge on any atom is -0.273 e. The topological polar surface area (TPSA) is 70.8 Å². The number of nitrogens with one attached hydrogen (secondary N) is 1. The standard InChI is InChI=1S/C10H10F3N5.C2H6/c11-10(12,13)8-15-9(17-16-8)18(14)6-7-4-2-1-3-5-7;1-2/h1-5H,6,14H2,(H,15,16,17);1-2H3. The van der Waals surface area contributed by atoms with Gasteiger partial charge in [-0.15, -0.1) is 5.10 Å². The third-order valence-electron chi connectivity index (χ3n) is 2.19. The second-order valence-corrected chi connectivity index (χ2v) is 3.60. The molecule has 0 aliphatic rings. The number of benzene rings is 1. The summed E-state index contributed by atoms with van der Waals surface area (Å²) in [5, 5.41) is 6.27. The van der Waals surface area contributed by atoms with Crippen molar-refractivity contribution in [1.29, 1.82) is 0 Å². The first-order valence-corrected chi connectivity index (χ1v) is 6.02. The predicted molar refractivity (Wildman–Crippen MR) is 69.5 cm³/mol. The zero-order valence-electron chi connectivity index (χ0n) is 11.1. The molecule has 0 amide bonds. The second kappa shape index (κ2) is 6.90. The van der Waals surface area contributed by atoms with Gasteiger partial charge in [-0.3, -0.25) is 10.1 Å². The van der Waals surface area contributed by atoms with Crippen molar-refractivity contribution in [2.24, 2.45) is 5.84 Å². The maximum Gasteiger partial charge on any atom is 0.451 e. The molecule has 5 nitrogen and oxygen atoms in total. The van der Waals surface area contributed by atoms with Crippen LogP contribution in [-0.4, -0.2) is 15.2 Å². The number of halogens is 3. The minimum absolute atomic E-state index is 0.203. The molecule has 0 spiro atoms. The van der Waals surface area contributed by atoms with Crippen LogP contribution < -0.4 is 10.9 Å². The van der Waals surface area contributed by atoms with Crippen LogP contribution in [0.1, 0.15) is 25.2 Å². The molecular weight excluding hydrogens is 271 g/mol. The number of nitrogens with two attached hydrogens (primary N) is 1. The fraction of sp³-hybridized carbons (Fsp3) is 0.333. The van der Waals surface area contributed by atoms with Crippen molar-refractivity contribution < 1.29 is 13.2 Å². The average molecular weight is 287 g/mol. The van der Waals surface area contributed by atoms with Gasteiger partial charge in [0.05, 0.1) is 6.54 Å². The summed E-state index contributed by atoms with van der Waals surface area (Å²) in [6.07, 6.45) is -4.56. The van der Waals surface area contributed by atoms with Crippen LogP contribution in [0.15, 0.2) is 30.3 Å². The van der Waals surface area contributed by atoms with Crippen LogP contribution >= 0.6 is 0 Å². The Morgan fingerprint density at radius 2 is 1.80 bits per heavy atom. The molecule has 110 valence electrons. The minimum atomic E-state index is -4.56. The van der Waals surface area contributed by atoms with Crippen LogP contribution in [-0.2, 0) is 12.7 Å². The van der Waals surface area contributed by atoms with E-state index < -0.39 is 12.0 Å². The van der Waals surface area contributed by atoms with Crippen molar-refractivity contribution in [3.05, 3.63) is 41.7 Å². The normalized spacial score (nSPS) is 10.7. The van der Waals surface area contributed by atoms with Gasteiger partial charge in [0.15, 0.2) is 0 Å². The highest BCUT2D eigenvalue weighted by atomic mass is 19.4. The Morgan fingerprint density at radius 3 is 2.30 bits per heavy atom. The van der Waals surface area contributed by atoms with E-state index in [9.17, 15) is 13.2 Å². The van der Waals surface area contributed by atoms with E-state index in [-0.39, 0.29) is 12.5 Å². The van der Waals surface area contributed by atoms with Crippen LogP contribution in [0.25, 0.3) is 0 Å². The molecule has 0 fully saturated rings. The molecule has 8 heteroatoms.